The van der Waals surface area contributed by atoms with Gasteiger partial charge in [-0.05, 0) is 45.0 Å². The summed E-state index contributed by atoms with van der Waals surface area (Å²) in [5.41, 5.74) is 2.40. The van der Waals surface area contributed by atoms with Crippen molar-refractivity contribution in [2.75, 3.05) is 44.2 Å². The van der Waals surface area contributed by atoms with Gasteiger partial charge >= 0.3 is 0 Å². The van der Waals surface area contributed by atoms with Crippen LogP contribution in [0.2, 0.25) is 0 Å². The van der Waals surface area contributed by atoms with Crippen LogP contribution in [-0.2, 0) is 13.1 Å². The molecular weight excluding hydrogens is 383 g/mol. The van der Waals surface area contributed by atoms with Crippen LogP contribution in [-0.4, -0.2) is 55.1 Å². The van der Waals surface area contributed by atoms with Gasteiger partial charge in [0.1, 0.15) is 11.6 Å². The van der Waals surface area contributed by atoms with Gasteiger partial charge in [-0.25, -0.2) is 14.4 Å². The molecule has 0 amide bonds. The minimum absolute atomic E-state index is 0.184. The Morgan fingerprint density at radius 1 is 1.17 bits per heavy atom. The lowest BCUT2D eigenvalue weighted by Gasteiger charge is -2.35. The van der Waals surface area contributed by atoms with Gasteiger partial charge in [-0.1, -0.05) is 13.0 Å². The highest BCUT2D eigenvalue weighted by atomic mass is 19.1. The number of benzene rings is 1. The lowest BCUT2D eigenvalue weighted by Crippen LogP contribution is -2.46. The topological polar surface area (TPSA) is 68.9 Å². The number of nitrogens with zero attached hydrogens (tertiary/aromatic N) is 4. The van der Waals surface area contributed by atoms with E-state index in [9.17, 15) is 4.39 Å². The van der Waals surface area contributed by atoms with Gasteiger partial charge in [-0.2, -0.15) is 0 Å². The Bertz CT molecular complexity index is 838. The van der Waals surface area contributed by atoms with Crippen molar-refractivity contribution in [1.29, 1.82) is 0 Å². The number of piperazine rings is 1. The summed E-state index contributed by atoms with van der Waals surface area (Å²) in [7, 11) is 0. The van der Waals surface area contributed by atoms with Crippen molar-refractivity contribution >= 4 is 11.6 Å². The smallest absolute Gasteiger partial charge is 0.214 e. The molecule has 164 valence electrons. The maximum absolute atomic E-state index is 14.7. The molecule has 2 aromatic rings. The third-order valence-electron chi connectivity index (χ3n) is 5.42. The van der Waals surface area contributed by atoms with Gasteiger partial charge in [0.05, 0.1) is 24.5 Å². The molecule has 2 N–H and O–H groups in total. The summed E-state index contributed by atoms with van der Waals surface area (Å²) in [6, 6.07) is 5.42. The fraction of sp³-hybridized carbons (Fsp3) is 0.545. The van der Waals surface area contributed by atoms with Crippen LogP contribution >= 0.6 is 0 Å². The first-order valence-corrected chi connectivity index (χ1v) is 10.7. The number of anilines is 1. The second kappa shape index (κ2) is 10.4. The molecule has 30 heavy (non-hydrogen) atoms. The first-order chi connectivity index (χ1) is 14.5. The molecule has 2 heterocycles. The highest BCUT2D eigenvalue weighted by Crippen LogP contribution is 2.22. The molecule has 1 aromatic carbocycles. The molecule has 0 bridgehead atoms. The number of rotatable bonds is 7. The fourth-order valence-corrected chi connectivity index (χ4v) is 3.50. The van der Waals surface area contributed by atoms with E-state index in [1.54, 1.807) is 6.07 Å². The number of aliphatic imine (C=N–C) groups is 1. The normalized spacial score (nSPS) is 15.5. The minimum atomic E-state index is -0.184. The summed E-state index contributed by atoms with van der Waals surface area (Å²) in [5.74, 6) is 1.90. The minimum Gasteiger partial charge on any atom is -0.444 e. The zero-order chi connectivity index (χ0) is 21.5. The lowest BCUT2D eigenvalue weighted by molar-refractivity contribution is 0.270. The Hall–Kier alpha value is -2.61. The first-order valence-electron chi connectivity index (χ1n) is 10.7. The Morgan fingerprint density at radius 2 is 1.93 bits per heavy atom. The van der Waals surface area contributed by atoms with Gasteiger partial charge in [0, 0.05) is 32.7 Å². The second-order valence-electron chi connectivity index (χ2n) is 7.50. The van der Waals surface area contributed by atoms with Gasteiger partial charge in [-0.3, -0.25) is 0 Å². The molecular formula is C22H33FN6O. The molecule has 0 aliphatic carbocycles. The molecule has 1 saturated heterocycles. The van der Waals surface area contributed by atoms with Crippen molar-refractivity contribution in [1.82, 2.24) is 20.5 Å². The van der Waals surface area contributed by atoms with Gasteiger partial charge < -0.3 is 24.9 Å². The molecule has 0 radical (unpaired) electrons. The summed E-state index contributed by atoms with van der Waals surface area (Å²) in [4.78, 5) is 13.4. The van der Waals surface area contributed by atoms with E-state index in [0.29, 0.717) is 30.6 Å². The van der Waals surface area contributed by atoms with Crippen molar-refractivity contribution < 1.29 is 8.81 Å². The molecule has 0 spiro atoms. The Balaban J connectivity index is 1.60. The van der Waals surface area contributed by atoms with Crippen LogP contribution in [0.3, 0.4) is 0 Å². The predicted octanol–water partition coefficient (Wildman–Crippen LogP) is 2.83. The Kier molecular flexibility index (Phi) is 7.68. The molecule has 3 rings (SSSR count). The fourth-order valence-electron chi connectivity index (χ4n) is 3.50. The zero-order valence-corrected chi connectivity index (χ0v) is 18.5. The van der Waals surface area contributed by atoms with Crippen molar-refractivity contribution in [2.45, 2.75) is 40.8 Å². The number of nitrogens with one attached hydrogen (secondary N) is 2. The van der Waals surface area contributed by atoms with Crippen molar-refractivity contribution in [3.05, 3.63) is 46.9 Å². The number of hydrogen-bond acceptors (Lipinski definition) is 5. The van der Waals surface area contributed by atoms with Crippen LogP contribution < -0.4 is 15.5 Å². The summed E-state index contributed by atoms with van der Waals surface area (Å²) in [5, 5.41) is 6.41. The number of oxazole rings is 1. The average molecular weight is 417 g/mol. The molecule has 1 fully saturated rings. The highest BCUT2D eigenvalue weighted by Gasteiger charge is 2.18. The van der Waals surface area contributed by atoms with Gasteiger partial charge in [0.2, 0.25) is 5.89 Å². The summed E-state index contributed by atoms with van der Waals surface area (Å²) >= 11 is 0. The molecule has 0 saturated carbocycles. The number of guanidine groups is 1. The maximum atomic E-state index is 14.7. The average Bonchev–Trinajstić information content (AvgIpc) is 3.07. The predicted molar refractivity (Wildman–Crippen MR) is 118 cm³/mol. The van der Waals surface area contributed by atoms with Crippen LogP contribution in [0.15, 0.2) is 27.6 Å². The number of hydrogen-bond donors (Lipinski definition) is 2. The second-order valence-corrected chi connectivity index (χ2v) is 7.50. The van der Waals surface area contributed by atoms with Gasteiger partial charge in [0.25, 0.3) is 0 Å². The van der Waals surface area contributed by atoms with E-state index in [-0.39, 0.29) is 5.82 Å². The third kappa shape index (κ3) is 5.72. The Labute approximate surface area is 178 Å². The van der Waals surface area contributed by atoms with Crippen molar-refractivity contribution in [3.8, 4) is 0 Å². The zero-order valence-electron chi connectivity index (χ0n) is 18.5. The van der Waals surface area contributed by atoms with E-state index in [2.05, 4.69) is 37.3 Å². The van der Waals surface area contributed by atoms with Crippen molar-refractivity contribution in [3.63, 3.8) is 0 Å². The van der Waals surface area contributed by atoms with Crippen molar-refractivity contribution in [2.24, 2.45) is 4.99 Å². The van der Waals surface area contributed by atoms with Gasteiger partial charge in [-0.15, -0.1) is 0 Å². The summed E-state index contributed by atoms with van der Waals surface area (Å²) in [6.45, 7) is 14.3. The van der Waals surface area contributed by atoms with E-state index in [1.807, 2.05) is 32.9 Å². The molecule has 1 aliphatic heterocycles. The van der Waals surface area contributed by atoms with E-state index < -0.39 is 0 Å². The standard InChI is InChI=1S/C22H33FN6O/c1-5-24-22(26-15-21-27-16(3)17(4)30-21)25-14-18-7-8-20(19(23)13-18)29-11-9-28(6-2)10-12-29/h7-8,13H,5-6,9-12,14-15H2,1-4H3,(H2,24,25,26). The van der Waals surface area contributed by atoms with E-state index >= 15 is 0 Å². The number of aryl methyl sites for hydroxylation is 2. The number of halogens is 1. The quantitative estimate of drug-likeness (QED) is 0.534. The van der Waals surface area contributed by atoms with E-state index in [4.69, 9.17) is 4.42 Å². The SMILES string of the molecule is CCNC(=NCc1ccc(N2CCN(CC)CC2)c(F)c1)NCc1nc(C)c(C)o1. The molecule has 1 aliphatic rings. The van der Waals surface area contributed by atoms with Gasteiger partial charge in [0.15, 0.2) is 5.96 Å². The maximum Gasteiger partial charge on any atom is 0.214 e. The van der Waals surface area contributed by atoms with Crippen LogP contribution in [0.5, 0.6) is 0 Å². The molecule has 0 unspecified atom stereocenters. The largest absolute Gasteiger partial charge is 0.444 e. The summed E-state index contributed by atoms with van der Waals surface area (Å²) < 4.78 is 20.3. The molecule has 8 heteroatoms. The van der Waals surface area contributed by atoms with Crippen LogP contribution in [0, 0.1) is 19.7 Å². The van der Waals surface area contributed by atoms with Crippen LogP contribution in [0.1, 0.15) is 36.8 Å². The monoisotopic (exact) mass is 416 g/mol. The van der Waals surface area contributed by atoms with Crippen LogP contribution in [0.4, 0.5) is 10.1 Å². The number of aromatic nitrogens is 1. The van der Waals surface area contributed by atoms with E-state index in [0.717, 1.165) is 56.3 Å². The van der Waals surface area contributed by atoms with E-state index in [1.165, 1.54) is 0 Å². The first kappa shape index (κ1) is 22.1. The molecule has 0 atom stereocenters. The van der Waals surface area contributed by atoms with Crippen LogP contribution in [0.25, 0.3) is 0 Å². The summed E-state index contributed by atoms with van der Waals surface area (Å²) in [6.07, 6.45) is 0. The number of likely N-dealkylation sites (N-methyl/N-ethyl adjacent to an activating group) is 1. The lowest BCUT2D eigenvalue weighted by atomic mass is 10.1. The third-order valence-corrected chi connectivity index (χ3v) is 5.42. The highest BCUT2D eigenvalue weighted by molar-refractivity contribution is 5.79. The molecule has 7 nitrogen and oxygen atoms in total. The molecule has 1 aromatic heterocycles. The Morgan fingerprint density at radius 3 is 2.53 bits per heavy atom.